The molecule has 0 amide bonds. The van der Waals surface area contributed by atoms with Crippen LogP contribution in [0.1, 0.15) is 83.8 Å². The highest BCUT2D eigenvalue weighted by molar-refractivity contribution is 5.59. The Kier molecular flexibility index (Phi) is 11.8. The van der Waals surface area contributed by atoms with Crippen molar-refractivity contribution < 1.29 is 0 Å². The summed E-state index contributed by atoms with van der Waals surface area (Å²) in [6, 6.07) is 5.98. The number of likely N-dealkylation sites (N-methyl/N-ethyl adjacent to an activating group) is 1. The van der Waals surface area contributed by atoms with Crippen LogP contribution in [0.15, 0.2) is 97.7 Å². The number of aromatic nitrogens is 4. The van der Waals surface area contributed by atoms with Crippen molar-refractivity contribution in [3.63, 3.8) is 0 Å². The molecule has 0 aliphatic carbocycles. The van der Waals surface area contributed by atoms with E-state index in [2.05, 4.69) is 105 Å². The zero-order valence-electron chi connectivity index (χ0n) is 26.2. The molecule has 3 rings (SSSR count). The first-order valence-electron chi connectivity index (χ1n) is 15.0. The minimum Gasteiger partial charge on any atom is -0.346 e. The fraction of sp³-hybridized carbons (Fsp3) is 0.389. The third-order valence-corrected chi connectivity index (χ3v) is 7.64. The van der Waals surface area contributed by atoms with Gasteiger partial charge < -0.3 is 4.90 Å². The molecule has 2 atom stereocenters. The van der Waals surface area contributed by atoms with E-state index in [0.29, 0.717) is 17.8 Å². The quantitative estimate of drug-likeness (QED) is 0.139. The summed E-state index contributed by atoms with van der Waals surface area (Å²) in [6.07, 6.45) is 25.1. The van der Waals surface area contributed by atoms with E-state index in [1.165, 1.54) is 11.4 Å². The number of hydrogen-bond acceptors (Lipinski definition) is 3. The molecule has 0 fully saturated rings. The number of allylic oxidation sites excluding steroid dienone is 7. The van der Waals surface area contributed by atoms with Gasteiger partial charge in [-0.15, -0.1) is 0 Å². The number of nitrogens with zero attached hydrogens (tertiary/aromatic N) is 5. The van der Waals surface area contributed by atoms with Crippen molar-refractivity contribution in [2.24, 2.45) is 11.8 Å². The van der Waals surface area contributed by atoms with E-state index >= 15 is 0 Å². The molecule has 3 heterocycles. The van der Waals surface area contributed by atoms with Gasteiger partial charge in [0.05, 0.1) is 11.4 Å². The molecule has 0 aromatic carbocycles. The van der Waals surface area contributed by atoms with Crippen molar-refractivity contribution in [3.05, 3.63) is 115 Å². The Bertz CT molecular complexity index is 1410. The summed E-state index contributed by atoms with van der Waals surface area (Å²) in [5.74, 6) is 3.23. The van der Waals surface area contributed by atoms with Gasteiger partial charge in [-0.1, -0.05) is 97.6 Å². The molecule has 0 N–H and O–H groups in total. The first-order valence-corrected chi connectivity index (χ1v) is 15.0. The van der Waals surface area contributed by atoms with Crippen LogP contribution < -0.4 is 0 Å². The number of pyridine rings is 1. The second-order valence-corrected chi connectivity index (χ2v) is 11.2. The highest BCUT2D eigenvalue weighted by Crippen LogP contribution is 2.29. The average Bonchev–Trinajstić information content (AvgIpc) is 3.50. The van der Waals surface area contributed by atoms with Crippen molar-refractivity contribution in [2.75, 3.05) is 7.05 Å². The zero-order chi connectivity index (χ0) is 29.9. The lowest BCUT2D eigenvalue weighted by molar-refractivity contribution is 0.504. The largest absolute Gasteiger partial charge is 0.346 e. The SMILES string of the molecule is C=C(/C=C\C=C/C(C)C(C)C)N(C)C(=C)/C=C\c1cn2c(CCC)c(C(C)CC=CCC)nc2n1-c1ccccn1. The number of imidazole rings is 2. The zero-order valence-corrected chi connectivity index (χ0v) is 26.2. The van der Waals surface area contributed by atoms with Crippen molar-refractivity contribution in [1.29, 1.82) is 0 Å². The van der Waals surface area contributed by atoms with E-state index in [9.17, 15) is 0 Å². The molecule has 0 aliphatic heterocycles. The van der Waals surface area contributed by atoms with Crippen LogP contribution in [0.2, 0.25) is 0 Å². The van der Waals surface area contributed by atoms with E-state index in [0.717, 1.165) is 54.4 Å². The van der Waals surface area contributed by atoms with Gasteiger partial charge in [-0.3, -0.25) is 8.97 Å². The standard InChI is InChI=1S/C36H49N5/c1-10-12-13-20-29(6)35-33(18-11-2)40-26-32(41(36(40)38-35)34-22-16-17-25-37-34)24-23-31(8)39(9)30(7)21-15-14-19-28(5)27(3)4/h12-17,19,21-29H,7-8,10-11,18,20H2,1-6,9H3/b13-12?,19-14-,21-15-,24-23-. The van der Waals surface area contributed by atoms with Crippen LogP contribution in [-0.2, 0) is 6.42 Å². The monoisotopic (exact) mass is 551 g/mol. The molecular weight excluding hydrogens is 502 g/mol. The van der Waals surface area contributed by atoms with Crippen LogP contribution in [-0.4, -0.2) is 30.9 Å². The number of fused-ring (bicyclic) bond motifs is 1. The Morgan fingerprint density at radius 2 is 1.78 bits per heavy atom. The van der Waals surface area contributed by atoms with E-state index in [1.54, 1.807) is 0 Å². The average molecular weight is 552 g/mol. The third-order valence-electron chi connectivity index (χ3n) is 7.64. The topological polar surface area (TPSA) is 38.4 Å². The van der Waals surface area contributed by atoms with Crippen molar-refractivity contribution in [2.45, 2.75) is 73.1 Å². The van der Waals surface area contributed by atoms with Crippen LogP contribution in [0.4, 0.5) is 0 Å². The Morgan fingerprint density at radius 1 is 1.02 bits per heavy atom. The van der Waals surface area contributed by atoms with Gasteiger partial charge in [0.2, 0.25) is 5.78 Å². The first-order chi connectivity index (χ1) is 19.7. The predicted molar refractivity (Wildman–Crippen MR) is 176 cm³/mol. The van der Waals surface area contributed by atoms with Gasteiger partial charge in [0.25, 0.3) is 0 Å². The van der Waals surface area contributed by atoms with Crippen LogP contribution in [0, 0.1) is 11.8 Å². The van der Waals surface area contributed by atoms with Crippen molar-refractivity contribution >= 4 is 11.9 Å². The lowest BCUT2D eigenvalue weighted by Gasteiger charge is -2.19. The molecule has 5 heteroatoms. The molecule has 0 spiro atoms. The number of rotatable bonds is 15. The first kappa shape index (κ1) is 31.7. The summed E-state index contributed by atoms with van der Waals surface area (Å²) in [5, 5.41) is 0. The Labute approximate surface area is 248 Å². The molecule has 0 radical (unpaired) electrons. The molecule has 0 saturated carbocycles. The lowest BCUT2D eigenvalue weighted by Crippen LogP contribution is -2.12. The second-order valence-electron chi connectivity index (χ2n) is 11.2. The molecule has 3 aromatic heterocycles. The molecule has 2 unspecified atom stereocenters. The third kappa shape index (κ3) is 8.09. The Morgan fingerprint density at radius 3 is 2.44 bits per heavy atom. The summed E-state index contributed by atoms with van der Waals surface area (Å²) in [4.78, 5) is 11.9. The van der Waals surface area contributed by atoms with Gasteiger partial charge in [-0.05, 0) is 61.5 Å². The predicted octanol–water partition coefficient (Wildman–Crippen LogP) is 9.31. The van der Waals surface area contributed by atoms with E-state index < -0.39 is 0 Å². The molecule has 0 saturated heterocycles. The van der Waals surface area contributed by atoms with Gasteiger partial charge in [0.1, 0.15) is 5.82 Å². The van der Waals surface area contributed by atoms with E-state index in [1.807, 2.05) is 54.6 Å². The van der Waals surface area contributed by atoms with Crippen LogP contribution in [0.3, 0.4) is 0 Å². The fourth-order valence-corrected chi connectivity index (χ4v) is 4.58. The minimum absolute atomic E-state index is 0.339. The van der Waals surface area contributed by atoms with E-state index in [4.69, 9.17) is 4.98 Å². The summed E-state index contributed by atoms with van der Waals surface area (Å²) < 4.78 is 4.39. The van der Waals surface area contributed by atoms with Crippen LogP contribution >= 0.6 is 0 Å². The Balaban J connectivity index is 1.94. The van der Waals surface area contributed by atoms with Crippen LogP contribution in [0.5, 0.6) is 0 Å². The summed E-state index contributed by atoms with van der Waals surface area (Å²) >= 11 is 0. The van der Waals surface area contributed by atoms with Gasteiger partial charge >= 0.3 is 0 Å². The Hall–Kier alpha value is -3.86. The van der Waals surface area contributed by atoms with E-state index in [-0.39, 0.29) is 0 Å². The van der Waals surface area contributed by atoms with Gasteiger partial charge in [0.15, 0.2) is 0 Å². The molecule has 0 bridgehead atoms. The minimum atomic E-state index is 0.339. The maximum absolute atomic E-state index is 5.22. The highest BCUT2D eigenvalue weighted by atomic mass is 15.2. The highest BCUT2D eigenvalue weighted by Gasteiger charge is 2.22. The molecule has 41 heavy (non-hydrogen) atoms. The molecular formula is C36H49N5. The summed E-state index contributed by atoms with van der Waals surface area (Å²) in [6.45, 7) is 21.9. The maximum atomic E-state index is 5.22. The molecule has 5 nitrogen and oxygen atoms in total. The van der Waals surface area contributed by atoms with Crippen molar-refractivity contribution in [1.82, 2.24) is 23.8 Å². The number of aryl methyl sites for hydroxylation is 1. The normalized spacial score (nSPS) is 14.0. The fourth-order valence-electron chi connectivity index (χ4n) is 4.58. The van der Waals surface area contributed by atoms with Gasteiger partial charge in [0, 0.05) is 42.4 Å². The second kappa shape index (κ2) is 15.2. The molecule has 0 aliphatic rings. The molecule has 3 aromatic rings. The number of hydrogen-bond donors (Lipinski definition) is 0. The van der Waals surface area contributed by atoms with Crippen molar-refractivity contribution in [3.8, 4) is 5.82 Å². The van der Waals surface area contributed by atoms with Gasteiger partial charge in [-0.25, -0.2) is 9.97 Å². The maximum Gasteiger partial charge on any atom is 0.220 e. The molecule has 218 valence electrons. The van der Waals surface area contributed by atoms with Crippen LogP contribution in [0.25, 0.3) is 17.7 Å². The smallest absolute Gasteiger partial charge is 0.220 e. The summed E-state index contributed by atoms with van der Waals surface area (Å²) in [5.41, 5.74) is 5.16. The lowest BCUT2D eigenvalue weighted by atomic mass is 9.98. The van der Waals surface area contributed by atoms with Gasteiger partial charge in [-0.2, -0.15) is 0 Å². The summed E-state index contributed by atoms with van der Waals surface area (Å²) in [7, 11) is 1.99.